The van der Waals surface area contributed by atoms with Crippen molar-refractivity contribution in [2.75, 3.05) is 6.54 Å². The number of nitrogens with zero attached hydrogens (tertiary/aromatic N) is 1. The summed E-state index contributed by atoms with van der Waals surface area (Å²) in [5, 5.41) is 2.94. The lowest BCUT2D eigenvalue weighted by molar-refractivity contribution is -0.121. The van der Waals surface area contributed by atoms with E-state index in [0.717, 1.165) is 10.0 Å². The van der Waals surface area contributed by atoms with Gasteiger partial charge in [-0.15, -0.1) is 0 Å². The molecule has 0 aromatic heterocycles. The van der Waals surface area contributed by atoms with Crippen LogP contribution < -0.4 is 5.32 Å². The van der Waals surface area contributed by atoms with Crippen molar-refractivity contribution in [2.24, 2.45) is 0 Å². The molecule has 1 aliphatic rings. The zero-order valence-corrected chi connectivity index (χ0v) is 16.0. The number of carbonyl (C=O) groups excluding carboxylic acids is 3. The number of nitrogens with one attached hydrogen (secondary N) is 1. The summed E-state index contributed by atoms with van der Waals surface area (Å²) in [5.41, 5.74) is 1.89. The Bertz CT molecular complexity index is 813. The molecule has 1 aliphatic heterocycles. The highest BCUT2D eigenvalue weighted by atomic mass is 79.9. The molecule has 1 N–H and O–H groups in total. The Kier molecular flexibility index (Phi) is 5.52. The minimum absolute atomic E-state index is 0.1000. The van der Waals surface area contributed by atoms with Crippen LogP contribution in [0.25, 0.3) is 0 Å². The number of hydrogen-bond acceptors (Lipinski definition) is 3. The minimum atomic E-state index is -0.283. The van der Waals surface area contributed by atoms with Gasteiger partial charge in [0, 0.05) is 17.4 Å². The molecule has 3 amide bonds. The molecule has 0 saturated carbocycles. The quantitative estimate of drug-likeness (QED) is 0.732. The van der Waals surface area contributed by atoms with E-state index in [1.165, 1.54) is 4.90 Å². The fourth-order valence-electron chi connectivity index (χ4n) is 2.99. The normalized spacial score (nSPS) is 14.3. The van der Waals surface area contributed by atoms with Crippen molar-refractivity contribution in [2.45, 2.75) is 25.8 Å². The summed E-state index contributed by atoms with van der Waals surface area (Å²) in [4.78, 5) is 37.9. The zero-order valence-electron chi connectivity index (χ0n) is 14.4. The lowest BCUT2D eigenvalue weighted by Crippen LogP contribution is -2.32. The predicted octanol–water partition coefficient (Wildman–Crippen LogP) is 3.70. The van der Waals surface area contributed by atoms with Crippen molar-refractivity contribution >= 4 is 33.7 Å². The molecule has 1 heterocycles. The first-order chi connectivity index (χ1) is 12.5. The Morgan fingerprint density at radius 2 is 1.62 bits per heavy atom. The van der Waals surface area contributed by atoms with Crippen LogP contribution in [0.4, 0.5) is 0 Å². The molecule has 0 saturated heterocycles. The van der Waals surface area contributed by atoms with Gasteiger partial charge in [-0.2, -0.15) is 0 Å². The number of carbonyl (C=O) groups is 3. The van der Waals surface area contributed by atoms with Crippen LogP contribution in [0.15, 0.2) is 53.0 Å². The summed E-state index contributed by atoms with van der Waals surface area (Å²) in [5.74, 6) is -0.666. The molecule has 1 atom stereocenters. The second-order valence-corrected chi connectivity index (χ2v) is 7.17. The molecule has 0 aliphatic carbocycles. The van der Waals surface area contributed by atoms with Crippen LogP contribution in [-0.4, -0.2) is 29.2 Å². The van der Waals surface area contributed by atoms with E-state index >= 15 is 0 Å². The molecule has 0 bridgehead atoms. The second kappa shape index (κ2) is 7.83. The van der Waals surface area contributed by atoms with Crippen molar-refractivity contribution in [3.63, 3.8) is 0 Å². The SMILES string of the molecule is C[C@H](NC(=O)CCCN1C(=O)c2ccccc2C1=O)c1ccc(Br)cc1. The molecular weight excluding hydrogens is 396 g/mol. The Labute approximate surface area is 160 Å². The number of amides is 3. The average Bonchev–Trinajstić information content (AvgIpc) is 2.87. The van der Waals surface area contributed by atoms with E-state index in [9.17, 15) is 14.4 Å². The summed E-state index contributed by atoms with van der Waals surface area (Å²) >= 11 is 3.39. The average molecular weight is 415 g/mol. The number of imide groups is 1. The minimum Gasteiger partial charge on any atom is -0.350 e. The molecule has 2 aromatic rings. The molecule has 0 spiro atoms. The molecule has 26 heavy (non-hydrogen) atoms. The third kappa shape index (κ3) is 3.85. The number of fused-ring (bicyclic) bond motifs is 1. The van der Waals surface area contributed by atoms with Gasteiger partial charge in [0.1, 0.15) is 0 Å². The maximum Gasteiger partial charge on any atom is 0.261 e. The topological polar surface area (TPSA) is 66.5 Å². The first kappa shape index (κ1) is 18.3. The molecule has 0 unspecified atom stereocenters. The predicted molar refractivity (Wildman–Crippen MR) is 102 cm³/mol. The van der Waals surface area contributed by atoms with E-state index in [1.54, 1.807) is 24.3 Å². The van der Waals surface area contributed by atoms with Gasteiger partial charge in [-0.05, 0) is 43.2 Å². The largest absolute Gasteiger partial charge is 0.350 e. The van der Waals surface area contributed by atoms with Crippen molar-refractivity contribution in [1.29, 1.82) is 0 Å². The monoisotopic (exact) mass is 414 g/mol. The van der Waals surface area contributed by atoms with Gasteiger partial charge in [-0.25, -0.2) is 0 Å². The van der Waals surface area contributed by atoms with Gasteiger partial charge in [0.05, 0.1) is 17.2 Å². The Morgan fingerprint density at radius 3 is 2.19 bits per heavy atom. The summed E-state index contributed by atoms with van der Waals surface area (Å²) < 4.78 is 0.987. The zero-order chi connectivity index (χ0) is 18.7. The lowest BCUT2D eigenvalue weighted by atomic mass is 10.1. The highest BCUT2D eigenvalue weighted by molar-refractivity contribution is 9.10. The molecular formula is C20H19BrN2O3. The fraction of sp³-hybridized carbons (Fsp3) is 0.250. The summed E-state index contributed by atoms with van der Waals surface area (Å²) in [6.07, 6.45) is 0.693. The van der Waals surface area contributed by atoms with Gasteiger partial charge in [-0.3, -0.25) is 19.3 Å². The summed E-state index contributed by atoms with van der Waals surface area (Å²) in [6.45, 7) is 2.16. The number of hydrogen-bond donors (Lipinski definition) is 1. The van der Waals surface area contributed by atoms with Crippen LogP contribution in [0.1, 0.15) is 52.1 Å². The fourth-order valence-corrected chi connectivity index (χ4v) is 3.25. The summed E-state index contributed by atoms with van der Waals surface area (Å²) in [6, 6.07) is 14.5. The van der Waals surface area contributed by atoms with E-state index in [0.29, 0.717) is 17.5 Å². The van der Waals surface area contributed by atoms with Gasteiger partial charge in [0.2, 0.25) is 5.91 Å². The molecule has 5 nitrogen and oxygen atoms in total. The Morgan fingerprint density at radius 1 is 1.04 bits per heavy atom. The van der Waals surface area contributed by atoms with Gasteiger partial charge in [-0.1, -0.05) is 40.2 Å². The molecule has 6 heteroatoms. The lowest BCUT2D eigenvalue weighted by Gasteiger charge is -2.16. The molecule has 134 valence electrons. The summed E-state index contributed by atoms with van der Waals surface area (Å²) in [7, 11) is 0. The number of halogens is 1. The Balaban J connectivity index is 1.49. The van der Waals surface area contributed by atoms with Crippen LogP contribution in [0.3, 0.4) is 0 Å². The van der Waals surface area contributed by atoms with Crippen molar-refractivity contribution < 1.29 is 14.4 Å². The van der Waals surface area contributed by atoms with E-state index in [1.807, 2.05) is 31.2 Å². The van der Waals surface area contributed by atoms with Crippen molar-refractivity contribution in [3.05, 3.63) is 69.7 Å². The van der Waals surface area contributed by atoms with Crippen LogP contribution >= 0.6 is 15.9 Å². The maximum atomic E-state index is 12.3. The molecule has 2 aromatic carbocycles. The molecule has 0 radical (unpaired) electrons. The van der Waals surface area contributed by atoms with Crippen LogP contribution in [-0.2, 0) is 4.79 Å². The van der Waals surface area contributed by atoms with Crippen molar-refractivity contribution in [1.82, 2.24) is 10.2 Å². The third-order valence-electron chi connectivity index (χ3n) is 4.41. The van der Waals surface area contributed by atoms with Gasteiger partial charge in [0.15, 0.2) is 0 Å². The second-order valence-electron chi connectivity index (χ2n) is 6.25. The smallest absolute Gasteiger partial charge is 0.261 e. The van der Waals surface area contributed by atoms with Gasteiger partial charge >= 0.3 is 0 Å². The standard InChI is InChI=1S/C20H19BrN2O3/c1-13(14-8-10-15(21)11-9-14)22-18(24)7-4-12-23-19(25)16-5-2-3-6-17(16)20(23)26/h2-3,5-6,8-11,13H,4,7,12H2,1H3,(H,22,24)/t13-/m0/s1. The Hall–Kier alpha value is -2.47. The van der Waals surface area contributed by atoms with E-state index in [4.69, 9.17) is 0 Å². The van der Waals surface area contributed by atoms with Gasteiger partial charge < -0.3 is 5.32 Å². The number of rotatable bonds is 6. The maximum absolute atomic E-state index is 12.3. The third-order valence-corrected chi connectivity index (χ3v) is 4.94. The first-order valence-electron chi connectivity index (χ1n) is 8.47. The van der Waals surface area contributed by atoms with Crippen LogP contribution in [0.5, 0.6) is 0 Å². The van der Waals surface area contributed by atoms with E-state index < -0.39 is 0 Å². The van der Waals surface area contributed by atoms with Gasteiger partial charge in [0.25, 0.3) is 11.8 Å². The van der Waals surface area contributed by atoms with Crippen LogP contribution in [0.2, 0.25) is 0 Å². The van der Waals surface area contributed by atoms with E-state index in [-0.39, 0.29) is 36.7 Å². The van der Waals surface area contributed by atoms with Crippen LogP contribution in [0, 0.1) is 0 Å². The molecule has 0 fully saturated rings. The number of benzene rings is 2. The van der Waals surface area contributed by atoms with Crippen molar-refractivity contribution in [3.8, 4) is 0 Å². The first-order valence-corrected chi connectivity index (χ1v) is 9.26. The highest BCUT2D eigenvalue weighted by Gasteiger charge is 2.34. The molecule has 3 rings (SSSR count). The van der Waals surface area contributed by atoms with E-state index in [2.05, 4.69) is 21.2 Å². The highest BCUT2D eigenvalue weighted by Crippen LogP contribution is 2.22.